The molecule has 0 atom stereocenters. The molecule has 0 aromatic carbocycles. The van der Waals surface area contributed by atoms with Crippen molar-refractivity contribution in [3.8, 4) is 0 Å². The van der Waals surface area contributed by atoms with Crippen LogP contribution in [0.2, 0.25) is 0 Å². The van der Waals surface area contributed by atoms with Crippen molar-refractivity contribution < 1.29 is 0 Å². The Bertz CT molecular complexity index is 122. The molecule has 0 N–H and O–H groups in total. The summed E-state index contributed by atoms with van der Waals surface area (Å²) in [4.78, 5) is 0. The van der Waals surface area contributed by atoms with Crippen LogP contribution < -0.4 is 0 Å². The normalized spacial score (nSPS) is 10.8. The van der Waals surface area contributed by atoms with Gasteiger partial charge >= 0.3 is 0 Å². The monoisotopic (exact) mass is 179 g/mol. The van der Waals surface area contributed by atoms with Crippen molar-refractivity contribution in [2.75, 3.05) is 0 Å². The van der Waals surface area contributed by atoms with Gasteiger partial charge in [-0.25, -0.2) is 0 Å². The first-order chi connectivity index (χ1) is 6.41. The summed E-state index contributed by atoms with van der Waals surface area (Å²) in [5.41, 5.74) is 0. The zero-order valence-corrected chi connectivity index (χ0v) is 8.97. The fourth-order valence-electron chi connectivity index (χ4n) is 1.18. The van der Waals surface area contributed by atoms with Gasteiger partial charge in [-0.15, -0.1) is 6.58 Å². The van der Waals surface area contributed by atoms with Gasteiger partial charge in [0, 0.05) is 0 Å². The summed E-state index contributed by atoms with van der Waals surface area (Å²) in [6, 6.07) is 0. The molecule has 0 unspecified atom stereocenters. The minimum Gasteiger partial charge on any atom is -0.103 e. The lowest BCUT2D eigenvalue weighted by Gasteiger charge is -1.93. The lowest BCUT2D eigenvalue weighted by molar-refractivity contribution is 0.728. The highest BCUT2D eigenvalue weighted by Gasteiger charge is 1.84. The maximum atomic E-state index is 3.70. The second-order valence-electron chi connectivity index (χ2n) is 3.38. The minimum absolute atomic E-state index is 1.14. The van der Waals surface area contributed by atoms with Gasteiger partial charge in [0.15, 0.2) is 0 Å². The van der Waals surface area contributed by atoms with Crippen molar-refractivity contribution in [2.24, 2.45) is 0 Å². The van der Waals surface area contributed by atoms with Gasteiger partial charge in [0.05, 0.1) is 0 Å². The molecular weight excluding hydrogens is 156 g/mol. The van der Waals surface area contributed by atoms with Crippen molar-refractivity contribution in [1.29, 1.82) is 0 Å². The van der Waals surface area contributed by atoms with Crippen LogP contribution in [0.4, 0.5) is 0 Å². The first-order valence-corrected chi connectivity index (χ1v) is 5.51. The Labute approximate surface area is 83.7 Å². The van der Waals surface area contributed by atoms with Gasteiger partial charge in [0.25, 0.3) is 0 Å². The molecule has 13 heavy (non-hydrogen) atoms. The number of hydrogen-bond donors (Lipinski definition) is 0. The number of unbranched alkanes of at least 4 members (excludes halogenated alkanes) is 6. The molecule has 0 fully saturated rings. The summed E-state index contributed by atoms with van der Waals surface area (Å²) in [6.45, 7) is 5.94. The highest BCUT2D eigenvalue weighted by molar-refractivity contribution is 4.94. The smallest absolute Gasteiger partial charge is 0.0170 e. The predicted octanol–water partition coefficient (Wildman–Crippen LogP) is 4.68. The van der Waals surface area contributed by atoms with Crippen LogP contribution in [0.25, 0.3) is 0 Å². The van der Waals surface area contributed by atoms with E-state index < -0.39 is 0 Å². The van der Waals surface area contributed by atoms with Crippen LogP contribution in [0, 0.1) is 6.42 Å². The van der Waals surface area contributed by atoms with Crippen molar-refractivity contribution in [1.82, 2.24) is 0 Å². The van der Waals surface area contributed by atoms with Gasteiger partial charge in [-0.3, -0.25) is 0 Å². The van der Waals surface area contributed by atoms with E-state index in [0.717, 1.165) is 6.42 Å². The largest absolute Gasteiger partial charge is 0.103 e. The lowest BCUT2D eigenvalue weighted by Crippen LogP contribution is -1.74. The SMILES string of the molecule is C=CCCC[CH]C=CCCCCC. The Morgan fingerprint density at radius 3 is 2.54 bits per heavy atom. The van der Waals surface area contributed by atoms with Gasteiger partial charge < -0.3 is 0 Å². The van der Waals surface area contributed by atoms with E-state index in [-0.39, 0.29) is 0 Å². The van der Waals surface area contributed by atoms with Crippen LogP contribution in [0.3, 0.4) is 0 Å². The molecule has 0 aliphatic heterocycles. The van der Waals surface area contributed by atoms with E-state index in [0.29, 0.717) is 0 Å². The van der Waals surface area contributed by atoms with E-state index >= 15 is 0 Å². The minimum atomic E-state index is 1.14. The molecule has 0 saturated carbocycles. The number of rotatable bonds is 9. The van der Waals surface area contributed by atoms with E-state index in [1.54, 1.807) is 0 Å². The molecule has 1 radical (unpaired) electrons. The van der Waals surface area contributed by atoms with Gasteiger partial charge in [0.2, 0.25) is 0 Å². The first-order valence-electron chi connectivity index (χ1n) is 5.51. The fourth-order valence-corrected chi connectivity index (χ4v) is 1.18. The molecule has 0 amide bonds. The van der Waals surface area contributed by atoms with Crippen molar-refractivity contribution in [2.45, 2.75) is 51.9 Å². The summed E-state index contributed by atoms with van der Waals surface area (Å²) < 4.78 is 0. The highest BCUT2D eigenvalue weighted by Crippen LogP contribution is 2.03. The number of allylic oxidation sites excluding steroid dienone is 3. The van der Waals surface area contributed by atoms with Crippen LogP contribution in [0.1, 0.15) is 51.9 Å². The molecule has 0 bridgehead atoms. The van der Waals surface area contributed by atoms with Crippen LogP contribution in [-0.4, -0.2) is 0 Å². The molecule has 0 saturated heterocycles. The van der Waals surface area contributed by atoms with Gasteiger partial charge in [-0.2, -0.15) is 0 Å². The average Bonchev–Trinajstić information content (AvgIpc) is 2.16. The molecule has 75 valence electrons. The molecule has 0 aromatic rings. The average molecular weight is 179 g/mol. The molecule has 0 rings (SSSR count). The Balaban J connectivity index is 2.98. The Kier molecular flexibility index (Phi) is 11.0. The lowest BCUT2D eigenvalue weighted by atomic mass is 10.1. The maximum absolute atomic E-state index is 3.70. The van der Waals surface area contributed by atoms with Crippen LogP contribution in [0.15, 0.2) is 24.8 Å². The third kappa shape index (κ3) is 11.5. The zero-order chi connectivity index (χ0) is 9.78. The second kappa shape index (κ2) is 11.5. The molecule has 0 spiro atoms. The summed E-state index contributed by atoms with van der Waals surface area (Å²) in [5, 5.41) is 0. The first kappa shape index (κ1) is 12.5. The van der Waals surface area contributed by atoms with E-state index in [4.69, 9.17) is 0 Å². The third-order valence-corrected chi connectivity index (χ3v) is 2.03. The summed E-state index contributed by atoms with van der Waals surface area (Å²) in [6.07, 6.45) is 17.6. The van der Waals surface area contributed by atoms with Gasteiger partial charge in [0.1, 0.15) is 0 Å². The molecule has 0 heterocycles. The van der Waals surface area contributed by atoms with Gasteiger partial charge in [-0.05, 0) is 38.5 Å². The number of hydrogen-bond acceptors (Lipinski definition) is 0. The van der Waals surface area contributed by atoms with E-state index in [9.17, 15) is 0 Å². The summed E-state index contributed by atoms with van der Waals surface area (Å²) >= 11 is 0. The molecule has 0 aliphatic carbocycles. The fraction of sp³-hybridized carbons (Fsp3) is 0.615. The van der Waals surface area contributed by atoms with Crippen LogP contribution in [-0.2, 0) is 0 Å². The molecular formula is C13H23. The predicted molar refractivity (Wildman–Crippen MR) is 61.6 cm³/mol. The van der Waals surface area contributed by atoms with Crippen molar-refractivity contribution in [3.63, 3.8) is 0 Å². The van der Waals surface area contributed by atoms with Crippen molar-refractivity contribution >= 4 is 0 Å². The Morgan fingerprint density at radius 1 is 1.00 bits per heavy atom. The summed E-state index contributed by atoms with van der Waals surface area (Å²) in [5.74, 6) is 0. The van der Waals surface area contributed by atoms with E-state index in [1.807, 2.05) is 6.08 Å². The van der Waals surface area contributed by atoms with E-state index in [1.165, 1.54) is 38.5 Å². The molecule has 0 heteroatoms. The second-order valence-corrected chi connectivity index (χ2v) is 3.38. The van der Waals surface area contributed by atoms with Crippen LogP contribution in [0.5, 0.6) is 0 Å². The van der Waals surface area contributed by atoms with E-state index in [2.05, 4.69) is 32.1 Å². The Hall–Kier alpha value is -0.520. The standard InChI is InChI=1S/C13H23/c1-3-5-7-9-11-13-12-10-8-6-4-2/h3,11-13H,1,4-10H2,2H3. The Morgan fingerprint density at radius 2 is 1.85 bits per heavy atom. The topological polar surface area (TPSA) is 0 Å². The third-order valence-electron chi connectivity index (χ3n) is 2.03. The van der Waals surface area contributed by atoms with Crippen molar-refractivity contribution in [3.05, 3.63) is 31.2 Å². The highest BCUT2D eigenvalue weighted by atomic mass is 13.9. The quantitative estimate of drug-likeness (QED) is 0.356. The summed E-state index contributed by atoms with van der Waals surface area (Å²) in [7, 11) is 0. The zero-order valence-electron chi connectivity index (χ0n) is 8.97. The molecule has 0 aromatic heterocycles. The molecule has 0 aliphatic rings. The molecule has 0 nitrogen and oxygen atoms in total. The van der Waals surface area contributed by atoms with Gasteiger partial charge in [-0.1, -0.05) is 38.0 Å². The van der Waals surface area contributed by atoms with Crippen LogP contribution >= 0.6 is 0 Å². The maximum Gasteiger partial charge on any atom is -0.0170 e.